The Morgan fingerprint density at radius 1 is 1.80 bits per heavy atom. The van der Waals surface area contributed by atoms with Crippen LogP contribution in [0.1, 0.15) is 12.8 Å². The summed E-state index contributed by atoms with van der Waals surface area (Å²) in [4.78, 5) is 25.3. The van der Waals surface area contributed by atoms with Crippen LogP contribution in [-0.4, -0.2) is 36.7 Å². The summed E-state index contributed by atoms with van der Waals surface area (Å²) in [5.74, 6) is -0.456. The van der Waals surface area contributed by atoms with Crippen LogP contribution in [0.15, 0.2) is 4.99 Å². The van der Waals surface area contributed by atoms with Crippen molar-refractivity contribution in [3.8, 4) is 0 Å². The van der Waals surface area contributed by atoms with Crippen molar-refractivity contribution < 1.29 is 14.6 Å². The smallest absolute Gasteiger partial charge is 0.328 e. The first kappa shape index (κ1) is 11.2. The van der Waals surface area contributed by atoms with Gasteiger partial charge in [-0.2, -0.15) is 0 Å². The van der Waals surface area contributed by atoms with Gasteiger partial charge in [-0.25, -0.2) is 19.9 Å². The molecule has 8 heteroatoms. The van der Waals surface area contributed by atoms with E-state index in [1.165, 1.54) is 7.11 Å². The Morgan fingerprint density at radius 3 is 3.13 bits per heavy atom. The van der Waals surface area contributed by atoms with Gasteiger partial charge in [-0.3, -0.25) is 0 Å². The average Bonchev–Trinajstić information content (AvgIpc) is 2.41. The van der Waals surface area contributed by atoms with E-state index in [2.05, 4.69) is 15.0 Å². The van der Waals surface area contributed by atoms with Gasteiger partial charge in [-0.15, -0.1) is 0 Å². The second-order valence-corrected chi connectivity index (χ2v) is 2.96. The van der Waals surface area contributed by atoms with Gasteiger partial charge in [0, 0.05) is 6.54 Å². The molecule has 0 bridgehead atoms. The maximum Gasteiger partial charge on any atom is 0.328 e. The zero-order valence-electron chi connectivity index (χ0n) is 8.23. The first-order chi connectivity index (χ1) is 7.13. The number of esters is 1. The highest BCUT2D eigenvalue weighted by Gasteiger charge is 2.23. The van der Waals surface area contributed by atoms with Gasteiger partial charge in [0.25, 0.3) is 5.96 Å². The third kappa shape index (κ3) is 3.41. The number of ether oxygens (including phenoxy) is 1. The van der Waals surface area contributed by atoms with Crippen LogP contribution in [0.25, 0.3) is 0 Å². The van der Waals surface area contributed by atoms with E-state index in [-0.39, 0.29) is 5.96 Å². The summed E-state index contributed by atoms with van der Waals surface area (Å²) >= 11 is 0. The predicted octanol–water partition coefficient (Wildman–Crippen LogP) is -0.951. The molecule has 1 aliphatic rings. The number of hydrazine groups is 1. The molecule has 8 nitrogen and oxygen atoms in total. The predicted molar refractivity (Wildman–Crippen MR) is 50.6 cm³/mol. The Kier molecular flexibility index (Phi) is 3.83. The molecular weight excluding hydrogens is 204 g/mol. The highest BCUT2D eigenvalue weighted by atomic mass is 16.7. The monoisotopic (exact) mass is 216 g/mol. The van der Waals surface area contributed by atoms with Gasteiger partial charge in [0.15, 0.2) is 5.03 Å². The summed E-state index contributed by atoms with van der Waals surface area (Å²) in [5, 5.41) is 12.1. The molecule has 15 heavy (non-hydrogen) atoms. The van der Waals surface area contributed by atoms with Gasteiger partial charge in [0.2, 0.25) is 0 Å². The molecule has 0 saturated heterocycles. The minimum Gasteiger partial charge on any atom is -0.467 e. The van der Waals surface area contributed by atoms with Crippen molar-refractivity contribution >= 4 is 11.9 Å². The van der Waals surface area contributed by atoms with Gasteiger partial charge >= 0.3 is 5.97 Å². The molecule has 0 aliphatic carbocycles. The zero-order chi connectivity index (χ0) is 11.3. The number of aliphatic imine (C=N–C) groups is 1. The Bertz CT molecular complexity index is 291. The Hall–Kier alpha value is -1.86. The summed E-state index contributed by atoms with van der Waals surface area (Å²) in [5.41, 5.74) is 1.88. The third-order valence-electron chi connectivity index (χ3n) is 1.91. The Labute approximate surface area is 85.8 Å². The molecule has 1 rings (SSSR count). The molecule has 1 atom stereocenters. The SMILES string of the molecule is COC(=O)C1CCCN=C(N[N+](=O)[O-])N1. The van der Waals surface area contributed by atoms with Crippen LogP contribution in [0, 0.1) is 10.1 Å². The molecule has 0 saturated carbocycles. The topological polar surface area (TPSA) is 106 Å². The minimum atomic E-state index is -0.731. The highest BCUT2D eigenvalue weighted by Crippen LogP contribution is 2.03. The fraction of sp³-hybridized carbons (Fsp3) is 0.714. The molecule has 0 aromatic carbocycles. The standard InChI is InChI=1S/C7H12N4O4/c1-15-6(12)5-3-2-4-8-7(9-5)10-11(13)14/h5H,2-4H2,1H3,(H2,8,9,10). The van der Waals surface area contributed by atoms with Crippen LogP contribution >= 0.6 is 0 Å². The van der Waals surface area contributed by atoms with E-state index in [0.29, 0.717) is 19.4 Å². The van der Waals surface area contributed by atoms with E-state index < -0.39 is 17.0 Å². The summed E-state index contributed by atoms with van der Waals surface area (Å²) in [7, 11) is 1.27. The van der Waals surface area contributed by atoms with Crippen molar-refractivity contribution in [1.82, 2.24) is 10.7 Å². The van der Waals surface area contributed by atoms with Gasteiger partial charge in [0.05, 0.1) is 7.11 Å². The number of rotatable bonds is 2. The molecule has 0 fully saturated rings. The minimum absolute atomic E-state index is 0.00657. The second kappa shape index (κ2) is 5.13. The van der Waals surface area contributed by atoms with Crippen molar-refractivity contribution in [3.63, 3.8) is 0 Å². The summed E-state index contributed by atoms with van der Waals surface area (Å²) < 4.78 is 4.54. The van der Waals surface area contributed by atoms with Crippen LogP contribution in [0.4, 0.5) is 0 Å². The van der Waals surface area contributed by atoms with Crippen LogP contribution in [0.5, 0.6) is 0 Å². The Balaban J connectivity index is 2.61. The van der Waals surface area contributed by atoms with Gasteiger partial charge in [-0.05, 0) is 12.8 Å². The van der Waals surface area contributed by atoms with Gasteiger partial charge < -0.3 is 10.1 Å². The van der Waals surface area contributed by atoms with Crippen molar-refractivity contribution in [2.75, 3.05) is 13.7 Å². The number of nitrogens with zero attached hydrogens (tertiary/aromatic N) is 2. The Morgan fingerprint density at radius 2 is 2.53 bits per heavy atom. The normalized spacial score (nSPS) is 20.6. The molecule has 0 spiro atoms. The average molecular weight is 216 g/mol. The fourth-order valence-electron chi connectivity index (χ4n) is 1.24. The molecule has 1 heterocycles. The number of methoxy groups -OCH3 is 1. The number of carbonyl (C=O) groups excluding carboxylic acids is 1. The van der Waals surface area contributed by atoms with Crippen LogP contribution in [0.3, 0.4) is 0 Å². The van der Waals surface area contributed by atoms with Crippen molar-refractivity contribution in [3.05, 3.63) is 10.1 Å². The van der Waals surface area contributed by atoms with Gasteiger partial charge in [-0.1, -0.05) is 5.43 Å². The van der Waals surface area contributed by atoms with E-state index in [1.54, 1.807) is 0 Å². The molecule has 84 valence electrons. The lowest BCUT2D eigenvalue weighted by atomic mass is 10.1. The summed E-state index contributed by atoms with van der Waals surface area (Å²) in [6, 6.07) is -0.580. The lowest BCUT2D eigenvalue weighted by Crippen LogP contribution is -2.48. The lowest BCUT2D eigenvalue weighted by molar-refractivity contribution is -0.525. The molecule has 0 radical (unpaired) electrons. The maximum atomic E-state index is 11.2. The number of carbonyl (C=O) groups is 1. The molecule has 0 aromatic rings. The quantitative estimate of drug-likeness (QED) is 0.350. The molecule has 2 N–H and O–H groups in total. The number of guanidine groups is 1. The highest BCUT2D eigenvalue weighted by molar-refractivity contribution is 5.86. The first-order valence-electron chi connectivity index (χ1n) is 4.43. The van der Waals surface area contributed by atoms with Crippen molar-refractivity contribution in [2.24, 2.45) is 4.99 Å². The van der Waals surface area contributed by atoms with E-state index in [4.69, 9.17) is 0 Å². The van der Waals surface area contributed by atoms with Crippen LogP contribution < -0.4 is 10.7 Å². The van der Waals surface area contributed by atoms with E-state index in [0.717, 1.165) is 0 Å². The van der Waals surface area contributed by atoms with E-state index in [1.807, 2.05) is 5.43 Å². The molecule has 1 aliphatic heterocycles. The van der Waals surface area contributed by atoms with Gasteiger partial charge in [0.1, 0.15) is 6.04 Å². The second-order valence-electron chi connectivity index (χ2n) is 2.96. The third-order valence-corrected chi connectivity index (χ3v) is 1.91. The molecule has 0 amide bonds. The van der Waals surface area contributed by atoms with Crippen molar-refractivity contribution in [1.29, 1.82) is 0 Å². The fourth-order valence-corrected chi connectivity index (χ4v) is 1.24. The number of nitrogens with one attached hydrogen (secondary N) is 2. The zero-order valence-corrected chi connectivity index (χ0v) is 8.23. The van der Waals surface area contributed by atoms with Crippen molar-refractivity contribution in [2.45, 2.75) is 18.9 Å². The maximum absolute atomic E-state index is 11.2. The van der Waals surface area contributed by atoms with Crippen LogP contribution in [0.2, 0.25) is 0 Å². The first-order valence-corrected chi connectivity index (χ1v) is 4.43. The molecule has 0 aromatic heterocycles. The largest absolute Gasteiger partial charge is 0.467 e. The summed E-state index contributed by atoms with van der Waals surface area (Å²) in [6.07, 6.45) is 1.22. The number of hydrogen-bond donors (Lipinski definition) is 2. The molecule has 1 unspecified atom stereocenters. The number of nitro groups is 1. The number of hydrogen-bond acceptors (Lipinski definition) is 6. The molecular formula is C7H12N4O4. The summed E-state index contributed by atoms with van der Waals surface area (Å²) in [6.45, 7) is 0.441. The lowest BCUT2D eigenvalue weighted by Gasteiger charge is -2.13. The van der Waals surface area contributed by atoms with Crippen LogP contribution in [-0.2, 0) is 9.53 Å². The van der Waals surface area contributed by atoms with E-state index >= 15 is 0 Å². The van der Waals surface area contributed by atoms with E-state index in [9.17, 15) is 14.9 Å².